The summed E-state index contributed by atoms with van der Waals surface area (Å²) >= 11 is 3.56. The third-order valence-electron chi connectivity index (χ3n) is 2.67. The average molecular weight is 246 g/mol. The Labute approximate surface area is 88.1 Å². The fourth-order valence-corrected chi connectivity index (χ4v) is 2.58. The maximum Gasteiger partial charge on any atom is 0.0702 e. The van der Waals surface area contributed by atoms with Crippen LogP contribution in [-0.4, -0.2) is 37.2 Å². The zero-order valence-electron chi connectivity index (χ0n) is 7.84. The third kappa shape index (κ3) is 2.79. The van der Waals surface area contributed by atoms with Crippen LogP contribution >= 0.6 is 15.9 Å². The molecule has 0 aromatic carbocycles. The van der Waals surface area contributed by atoms with Crippen LogP contribution in [0.15, 0.2) is 10.6 Å². The molecule has 0 saturated carbocycles. The molecule has 2 aliphatic heterocycles. The Hall–Kier alpha value is 0.140. The van der Waals surface area contributed by atoms with Crippen LogP contribution in [0, 0.1) is 0 Å². The highest BCUT2D eigenvalue weighted by molar-refractivity contribution is 9.11. The predicted molar refractivity (Wildman–Crippen MR) is 57.0 cm³/mol. The Balaban J connectivity index is 1.78. The van der Waals surface area contributed by atoms with Crippen molar-refractivity contribution in [3.63, 3.8) is 0 Å². The van der Waals surface area contributed by atoms with Gasteiger partial charge in [0.15, 0.2) is 0 Å². The zero-order chi connectivity index (χ0) is 9.10. The standard InChI is InChI=1S/C10H16BrNO/c11-9-3-1-5-12(7-9)8-10-4-2-6-13-10/h3,10H,1-2,4-8H2. The highest BCUT2D eigenvalue weighted by atomic mass is 79.9. The van der Waals surface area contributed by atoms with Crippen LogP contribution in [0.25, 0.3) is 0 Å². The molecule has 0 aromatic rings. The van der Waals surface area contributed by atoms with Crippen molar-refractivity contribution >= 4 is 15.9 Å². The van der Waals surface area contributed by atoms with Crippen LogP contribution in [-0.2, 0) is 4.74 Å². The molecule has 1 atom stereocenters. The minimum Gasteiger partial charge on any atom is -0.377 e. The highest BCUT2D eigenvalue weighted by Crippen LogP contribution is 2.18. The van der Waals surface area contributed by atoms with Crippen molar-refractivity contribution in [1.82, 2.24) is 4.90 Å². The molecule has 13 heavy (non-hydrogen) atoms. The van der Waals surface area contributed by atoms with Gasteiger partial charge in [-0.15, -0.1) is 0 Å². The number of hydrogen-bond donors (Lipinski definition) is 0. The van der Waals surface area contributed by atoms with Gasteiger partial charge in [-0.1, -0.05) is 22.0 Å². The fraction of sp³-hybridized carbons (Fsp3) is 0.800. The minimum atomic E-state index is 0.499. The molecule has 1 saturated heterocycles. The van der Waals surface area contributed by atoms with Crippen molar-refractivity contribution in [2.24, 2.45) is 0 Å². The van der Waals surface area contributed by atoms with E-state index in [0.29, 0.717) is 6.10 Å². The van der Waals surface area contributed by atoms with E-state index in [1.807, 2.05) is 0 Å². The van der Waals surface area contributed by atoms with Gasteiger partial charge in [-0.05, 0) is 19.3 Å². The van der Waals surface area contributed by atoms with Crippen molar-refractivity contribution in [3.8, 4) is 0 Å². The second kappa shape index (κ2) is 4.58. The molecule has 2 rings (SSSR count). The van der Waals surface area contributed by atoms with Crippen molar-refractivity contribution in [3.05, 3.63) is 10.6 Å². The summed E-state index contributed by atoms with van der Waals surface area (Å²) in [6, 6.07) is 0. The van der Waals surface area contributed by atoms with E-state index in [1.54, 1.807) is 0 Å². The molecule has 1 fully saturated rings. The minimum absolute atomic E-state index is 0.499. The van der Waals surface area contributed by atoms with Crippen molar-refractivity contribution in [2.45, 2.75) is 25.4 Å². The first-order valence-corrected chi connectivity index (χ1v) is 5.82. The summed E-state index contributed by atoms with van der Waals surface area (Å²) in [4.78, 5) is 2.47. The van der Waals surface area contributed by atoms with Gasteiger partial charge in [-0.3, -0.25) is 4.90 Å². The van der Waals surface area contributed by atoms with E-state index in [2.05, 4.69) is 26.9 Å². The highest BCUT2D eigenvalue weighted by Gasteiger charge is 2.20. The predicted octanol–water partition coefficient (Wildman–Crippen LogP) is 2.15. The van der Waals surface area contributed by atoms with E-state index < -0.39 is 0 Å². The van der Waals surface area contributed by atoms with E-state index in [1.165, 1.54) is 30.3 Å². The number of halogens is 1. The zero-order valence-corrected chi connectivity index (χ0v) is 9.42. The van der Waals surface area contributed by atoms with E-state index in [4.69, 9.17) is 4.74 Å². The lowest BCUT2D eigenvalue weighted by Crippen LogP contribution is -2.35. The molecule has 1 unspecified atom stereocenters. The van der Waals surface area contributed by atoms with Gasteiger partial charge in [0.1, 0.15) is 0 Å². The summed E-state index contributed by atoms with van der Waals surface area (Å²) in [5.74, 6) is 0. The molecule has 3 heteroatoms. The lowest BCUT2D eigenvalue weighted by molar-refractivity contribution is 0.0760. The number of hydrogen-bond acceptors (Lipinski definition) is 2. The first kappa shape index (κ1) is 9.69. The van der Waals surface area contributed by atoms with Crippen LogP contribution in [0.4, 0.5) is 0 Å². The summed E-state index contributed by atoms with van der Waals surface area (Å²) in [6.45, 7) is 4.34. The van der Waals surface area contributed by atoms with Crippen LogP contribution in [0.2, 0.25) is 0 Å². The van der Waals surface area contributed by atoms with Crippen LogP contribution in [0.3, 0.4) is 0 Å². The van der Waals surface area contributed by atoms with Crippen LogP contribution in [0.5, 0.6) is 0 Å². The second-order valence-corrected chi connectivity index (χ2v) is 4.83. The van der Waals surface area contributed by atoms with Gasteiger partial charge < -0.3 is 4.74 Å². The van der Waals surface area contributed by atoms with Gasteiger partial charge in [0.05, 0.1) is 6.10 Å². The first-order valence-electron chi connectivity index (χ1n) is 5.03. The van der Waals surface area contributed by atoms with Crippen molar-refractivity contribution < 1.29 is 4.74 Å². The van der Waals surface area contributed by atoms with Crippen molar-refractivity contribution in [2.75, 3.05) is 26.2 Å². The van der Waals surface area contributed by atoms with Crippen LogP contribution < -0.4 is 0 Å². The SMILES string of the molecule is BrC1=CCCN(CC2CCCO2)C1. The lowest BCUT2D eigenvalue weighted by Gasteiger charge is -2.27. The summed E-state index contributed by atoms with van der Waals surface area (Å²) < 4.78 is 6.94. The fourth-order valence-electron chi connectivity index (χ4n) is 1.99. The quantitative estimate of drug-likeness (QED) is 0.740. The lowest BCUT2D eigenvalue weighted by atomic mass is 10.2. The number of ether oxygens (including phenoxy) is 1. The summed E-state index contributed by atoms with van der Waals surface area (Å²) in [6.07, 6.45) is 6.44. The molecule has 0 amide bonds. The molecule has 0 aliphatic carbocycles. The molecule has 0 bridgehead atoms. The first-order chi connectivity index (χ1) is 6.34. The molecule has 74 valence electrons. The van der Waals surface area contributed by atoms with Crippen molar-refractivity contribution in [1.29, 1.82) is 0 Å². The second-order valence-electron chi connectivity index (χ2n) is 3.81. The smallest absolute Gasteiger partial charge is 0.0702 e. The number of rotatable bonds is 2. The summed E-state index contributed by atoms with van der Waals surface area (Å²) in [5, 5.41) is 0. The van der Waals surface area contributed by atoms with Gasteiger partial charge in [-0.25, -0.2) is 0 Å². The molecular formula is C10H16BrNO. The Morgan fingerprint density at radius 1 is 1.62 bits per heavy atom. The Morgan fingerprint density at radius 3 is 3.23 bits per heavy atom. The molecule has 2 nitrogen and oxygen atoms in total. The normalized spacial score (nSPS) is 30.5. The molecule has 0 N–H and O–H groups in total. The van der Waals surface area contributed by atoms with E-state index in [0.717, 1.165) is 19.7 Å². The maximum atomic E-state index is 5.61. The Morgan fingerprint density at radius 2 is 2.54 bits per heavy atom. The Bertz CT molecular complexity index is 199. The molecule has 2 aliphatic rings. The molecule has 2 heterocycles. The van der Waals surface area contributed by atoms with E-state index in [9.17, 15) is 0 Å². The van der Waals surface area contributed by atoms with Gasteiger partial charge >= 0.3 is 0 Å². The van der Waals surface area contributed by atoms with Gasteiger partial charge in [-0.2, -0.15) is 0 Å². The van der Waals surface area contributed by atoms with Gasteiger partial charge in [0.25, 0.3) is 0 Å². The maximum absolute atomic E-state index is 5.61. The van der Waals surface area contributed by atoms with E-state index >= 15 is 0 Å². The summed E-state index contributed by atoms with van der Waals surface area (Å²) in [7, 11) is 0. The molecule has 0 aromatic heterocycles. The monoisotopic (exact) mass is 245 g/mol. The third-order valence-corrected chi connectivity index (χ3v) is 3.25. The van der Waals surface area contributed by atoms with Gasteiger partial charge in [0, 0.05) is 30.7 Å². The van der Waals surface area contributed by atoms with E-state index in [-0.39, 0.29) is 0 Å². The molecule has 0 spiro atoms. The molecular weight excluding hydrogens is 230 g/mol. The van der Waals surface area contributed by atoms with Crippen LogP contribution in [0.1, 0.15) is 19.3 Å². The number of nitrogens with zero attached hydrogens (tertiary/aromatic N) is 1. The topological polar surface area (TPSA) is 12.5 Å². The molecule has 0 radical (unpaired) electrons. The largest absolute Gasteiger partial charge is 0.377 e. The Kier molecular flexibility index (Phi) is 3.41. The average Bonchev–Trinajstić information content (AvgIpc) is 2.57. The summed E-state index contributed by atoms with van der Waals surface area (Å²) in [5.41, 5.74) is 0. The van der Waals surface area contributed by atoms with Gasteiger partial charge in [0.2, 0.25) is 0 Å².